The Labute approximate surface area is 119 Å². The van der Waals surface area contributed by atoms with Gasteiger partial charge >= 0.3 is 0 Å². The predicted octanol–water partition coefficient (Wildman–Crippen LogP) is 3.79. The summed E-state index contributed by atoms with van der Waals surface area (Å²) in [5.41, 5.74) is 0.224. The first kappa shape index (κ1) is 16.0. The Morgan fingerprint density at radius 1 is 1.42 bits per heavy atom. The number of aliphatic hydroxyl groups is 1. The predicted molar refractivity (Wildman–Crippen MR) is 77.6 cm³/mol. The van der Waals surface area contributed by atoms with Crippen molar-refractivity contribution in [3.05, 3.63) is 46.4 Å². The summed E-state index contributed by atoms with van der Waals surface area (Å²) in [4.78, 5) is 1.87. The topological polar surface area (TPSA) is 23.5 Å². The van der Waals surface area contributed by atoms with Crippen LogP contribution in [0.4, 0.5) is 4.39 Å². The fourth-order valence-corrected chi connectivity index (χ4v) is 2.42. The molecule has 0 amide bonds. The lowest BCUT2D eigenvalue weighted by atomic mass is 9.78. The van der Waals surface area contributed by atoms with E-state index in [1.165, 1.54) is 12.1 Å². The molecule has 0 aliphatic rings. The number of hydrogen-bond acceptors (Lipinski definition) is 2. The number of hydrogen-bond donors (Lipinski definition) is 1. The van der Waals surface area contributed by atoms with Crippen LogP contribution in [-0.4, -0.2) is 24.1 Å². The summed E-state index contributed by atoms with van der Waals surface area (Å²) < 4.78 is 13.3. The lowest BCUT2D eigenvalue weighted by molar-refractivity contribution is 0.0261. The lowest BCUT2D eigenvalue weighted by Gasteiger charge is -2.34. The van der Waals surface area contributed by atoms with E-state index in [0.29, 0.717) is 5.56 Å². The van der Waals surface area contributed by atoms with E-state index in [1.54, 1.807) is 6.07 Å². The zero-order valence-corrected chi connectivity index (χ0v) is 12.8. The molecule has 1 unspecified atom stereocenters. The minimum Gasteiger partial charge on any atom is -0.383 e. The van der Waals surface area contributed by atoms with Crippen molar-refractivity contribution < 1.29 is 9.50 Å². The summed E-state index contributed by atoms with van der Waals surface area (Å²) in [6.07, 6.45) is 1.86. The van der Waals surface area contributed by atoms with Crippen LogP contribution in [0.5, 0.6) is 0 Å². The minimum atomic E-state index is -1.17. The van der Waals surface area contributed by atoms with Gasteiger partial charge in [0.05, 0.1) is 5.02 Å². The van der Waals surface area contributed by atoms with Gasteiger partial charge in [0, 0.05) is 20.3 Å². The highest BCUT2D eigenvalue weighted by Gasteiger charge is 2.35. The van der Waals surface area contributed by atoms with E-state index in [4.69, 9.17) is 11.6 Å². The third-order valence-electron chi connectivity index (χ3n) is 3.25. The van der Waals surface area contributed by atoms with Crippen LogP contribution in [-0.2, 0) is 5.60 Å². The van der Waals surface area contributed by atoms with E-state index in [2.05, 4.69) is 0 Å². The van der Waals surface area contributed by atoms with Gasteiger partial charge in [0.25, 0.3) is 0 Å². The van der Waals surface area contributed by atoms with Crippen LogP contribution >= 0.6 is 11.6 Å². The second-order valence-corrected chi connectivity index (χ2v) is 5.73. The van der Waals surface area contributed by atoms with Crippen LogP contribution in [0.1, 0.15) is 26.3 Å². The molecule has 0 aliphatic carbocycles. The molecule has 0 bridgehead atoms. The van der Waals surface area contributed by atoms with Gasteiger partial charge in [-0.05, 0) is 36.1 Å². The van der Waals surface area contributed by atoms with Crippen LogP contribution in [0.2, 0.25) is 5.02 Å². The number of nitrogens with zero attached hydrogens (tertiary/aromatic N) is 1. The van der Waals surface area contributed by atoms with E-state index < -0.39 is 11.4 Å². The normalized spacial score (nSPS) is 15.5. The van der Waals surface area contributed by atoms with Gasteiger partial charge in [0.1, 0.15) is 11.4 Å². The maximum atomic E-state index is 13.3. The first-order valence-electron chi connectivity index (χ1n) is 6.22. The highest BCUT2D eigenvalue weighted by atomic mass is 35.5. The third-order valence-corrected chi connectivity index (χ3v) is 3.54. The van der Waals surface area contributed by atoms with Crippen LogP contribution < -0.4 is 0 Å². The molecule has 1 aromatic carbocycles. The maximum absolute atomic E-state index is 13.3. The van der Waals surface area contributed by atoms with Gasteiger partial charge in [-0.3, -0.25) is 0 Å². The second kappa shape index (κ2) is 5.93. The summed E-state index contributed by atoms with van der Waals surface area (Å²) in [5, 5.41) is 11.0. The highest BCUT2D eigenvalue weighted by molar-refractivity contribution is 6.30. The van der Waals surface area contributed by atoms with E-state index in [9.17, 15) is 9.50 Å². The molecule has 1 rings (SSSR count). The third kappa shape index (κ3) is 3.28. The first-order valence-corrected chi connectivity index (χ1v) is 6.60. The van der Waals surface area contributed by atoms with Crippen molar-refractivity contribution >= 4 is 11.6 Å². The standard InChI is InChI=1S/C15H21ClFNO/c1-10(2)15(19,11(3)9-18(4)5)12-6-7-14(17)13(16)8-12/h6-10,19H,1-5H3. The molecule has 0 saturated heterocycles. The maximum Gasteiger partial charge on any atom is 0.141 e. The van der Waals surface area contributed by atoms with Crippen molar-refractivity contribution in [2.45, 2.75) is 26.4 Å². The Bertz CT molecular complexity index is 485. The number of rotatable bonds is 4. The molecule has 0 radical (unpaired) electrons. The zero-order chi connectivity index (χ0) is 14.8. The average Bonchev–Trinajstić information content (AvgIpc) is 2.30. The summed E-state index contributed by atoms with van der Waals surface area (Å²) in [5.74, 6) is -0.545. The molecule has 0 aromatic heterocycles. The largest absolute Gasteiger partial charge is 0.383 e. The Balaban J connectivity index is 3.37. The molecule has 1 N–H and O–H groups in total. The van der Waals surface area contributed by atoms with Crippen LogP contribution in [0.3, 0.4) is 0 Å². The minimum absolute atomic E-state index is 0.0224. The van der Waals surface area contributed by atoms with E-state index >= 15 is 0 Å². The van der Waals surface area contributed by atoms with Gasteiger partial charge in [-0.15, -0.1) is 0 Å². The second-order valence-electron chi connectivity index (χ2n) is 5.33. The Morgan fingerprint density at radius 2 is 2.00 bits per heavy atom. The monoisotopic (exact) mass is 285 g/mol. The van der Waals surface area contributed by atoms with Crippen molar-refractivity contribution in [3.8, 4) is 0 Å². The lowest BCUT2D eigenvalue weighted by Crippen LogP contribution is -2.34. The van der Waals surface area contributed by atoms with Gasteiger partial charge in [-0.2, -0.15) is 0 Å². The molecule has 4 heteroatoms. The molecule has 0 aliphatic heterocycles. The molecular formula is C15H21ClFNO. The molecule has 1 aromatic rings. The summed E-state index contributed by atoms with van der Waals surface area (Å²) in [6.45, 7) is 5.70. The molecule has 2 nitrogen and oxygen atoms in total. The summed E-state index contributed by atoms with van der Waals surface area (Å²) in [7, 11) is 3.78. The molecule has 106 valence electrons. The number of benzene rings is 1. The molecule has 19 heavy (non-hydrogen) atoms. The van der Waals surface area contributed by atoms with E-state index in [1.807, 2.05) is 46.0 Å². The molecular weight excluding hydrogens is 265 g/mol. The average molecular weight is 286 g/mol. The van der Waals surface area contributed by atoms with Crippen LogP contribution in [0.15, 0.2) is 30.0 Å². The zero-order valence-electron chi connectivity index (χ0n) is 12.0. The smallest absolute Gasteiger partial charge is 0.141 e. The summed E-state index contributed by atoms with van der Waals surface area (Å²) in [6, 6.07) is 4.35. The fraction of sp³-hybridized carbons (Fsp3) is 0.467. The quantitative estimate of drug-likeness (QED) is 0.910. The number of halogens is 2. The Morgan fingerprint density at radius 3 is 2.42 bits per heavy atom. The SMILES string of the molecule is CC(=CN(C)C)C(O)(c1ccc(F)c(Cl)c1)C(C)C. The van der Waals surface area contributed by atoms with E-state index in [-0.39, 0.29) is 10.9 Å². The van der Waals surface area contributed by atoms with Gasteiger partial charge in [0.15, 0.2) is 0 Å². The fourth-order valence-electron chi connectivity index (χ4n) is 2.24. The summed E-state index contributed by atoms with van der Waals surface area (Å²) >= 11 is 5.82. The Hall–Kier alpha value is -1.06. The van der Waals surface area contributed by atoms with Gasteiger partial charge in [-0.25, -0.2) is 4.39 Å². The van der Waals surface area contributed by atoms with Crippen molar-refractivity contribution in [2.75, 3.05) is 14.1 Å². The molecule has 1 atom stereocenters. The van der Waals surface area contributed by atoms with Crippen molar-refractivity contribution in [3.63, 3.8) is 0 Å². The van der Waals surface area contributed by atoms with E-state index in [0.717, 1.165) is 5.57 Å². The van der Waals surface area contributed by atoms with Gasteiger partial charge in [0.2, 0.25) is 0 Å². The highest BCUT2D eigenvalue weighted by Crippen LogP contribution is 2.38. The first-order chi connectivity index (χ1) is 8.69. The molecule has 0 heterocycles. The van der Waals surface area contributed by atoms with Gasteiger partial charge < -0.3 is 10.0 Å². The van der Waals surface area contributed by atoms with Gasteiger partial charge in [-0.1, -0.05) is 31.5 Å². The van der Waals surface area contributed by atoms with Crippen LogP contribution in [0.25, 0.3) is 0 Å². The van der Waals surface area contributed by atoms with Crippen molar-refractivity contribution in [1.29, 1.82) is 0 Å². The van der Waals surface area contributed by atoms with Crippen molar-refractivity contribution in [1.82, 2.24) is 4.90 Å². The molecule has 0 saturated carbocycles. The molecule has 0 spiro atoms. The Kier molecular flexibility index (Phi) is 4.99. The molecule has 0 fully saturated rings. The van der Waals surface area contributed by atoms with Crippen molar-refractivity contribution in [2.24, 2.45) is 5.92 Å². The van der Waals surface area contributed by atoms with Crippen LogP contribution in [0, 0.1) is 11.7 Å².